The highest BCUT2D eigenvalue weighted by Crippen LogP contribution is 2.25. The van der Waals surface area contributed by atoms with E-state index in [0.29, 0.717) is 30.6 Å². The van der Waals surface area contributed by atoms with E-state index >= 15 is 0 Å². The Kier molecular flexibility index (Phi) is 5.67. The number of nitrogens with zero attached hydrogens (tertiary/aromatic N) is 2. The first kappa shape index (κ1) is 20.3. The van der Waals surface area contributed by atoms with Crippen molar-refractivity contribution in [2.75, 3.05) is 11.4 Å². The summed E-state index contributed by atoms with van der Waals surface area (Å²) in [5.41, 5.74) is 2.69. The van der Waals surface area contributed by atoms with E-state index in [9.17, 15) is 14.4 Å². The van der Waals surface area contributed by atoms with Gasteiger partial charge in [-0.1, -0.05) is 12.1 Å². The van der Waals surface area contributed by atoms with Crippen LogP contribution in [0.15, 0.2) is 29.1 Å². The number of hydrogen-bond acceptors (Lipinski definition) is 5. The van der Waals surface area contributed by atoms with Gasteiger partial charge in [0, 0.05) is 42.9 Å². The molecule has 156 valence electrons. The van der Waals surface area contributed by atoms with E-state index < -0.39 is 0 Å². The molecule has 1 aromatic carbocycles. The molecule has 8 heteroatoms. The van der Waals surface area contributed by atoms with Gasteiger partial charge in [-0.3, -0.25) is 14.4 Å². The van der Waals surface area contributed by atoms with Crippen LogP contribution in [-0.4, -0.2) is 28.3 Å². The molecule has 2 amide bonds. The molecule has 4 rings (SSSR count). The summed E-state index contributed by atoms with van der Waals surface area (Å²) < 4.78 is 0. The molecule has 0 spiro atoms. The summed E-state index contributed by atoms with van der Waals surface area (Å²) in [4.78, 5) is 47.3. The Balaban J connectivity index is 1.31. The van der Waals surface area contributed by atoms with Crippen LogP contribution in [0.5, 0.6) is 0 Å². The molecule has 1 saturated heterocycles. The Morgan fingerprint density at radius 3 is 2.70 bits per heavy atom. The molecule has 1 fully saturated rings. The summed E-state index contributed by atoms with van der Waals surface area (Å²) in [6.45, 7) is 5.08. The summed E-state index contributed by atoms with van der Waals surface area (Å²) in [7, 11) is 0. The number of benzene rings is 1. The molecule has 1 aliphatic heterocycles. The zero-order valence-electron chi connectivity index (χ0n) is 17.1. The number of hydrogen-bond donors (Lipinski definition) is 2. The van der Waals surface area contributed by atoms with Gasteiger partial charge in [0.2, 0.25) is 11.8 Å². The third kappa shape index (κ3) is 4.14. The highest BCUT2D eigenvalue weighted by molar-refractivity contribution is 7.18. The minimum absolute atomic E-state index is 0.102. The number of aryl methyl sites for hydroxylation is 3. The number of aromatic nitrogens is 2. The number of amides is 2. The lowest BCUT2D eigenvalue weighted by Gasteiger charge is -2.16. The van der Waals surface area contributed by atoms with Gasteiger partial charge in [-0.2, -0.15) is 0 Å². The lowest BCUT2D eigenvalue weighted by Crippen LogP contribution is -2.24. The van der Waals surface area contributed by atoms with Crippen LogP contribution >= 0.6 is 11.3 Å². The first-order valence-corrected chi connectivity index (χ1v) is 10.9. The summed E-state index contributed by atoms with van der Waals surface area (Å²) in [5.74, 6) is 0.590. The number of carbonyl (C=O) groups excluding carboxylic acids is 2. The number of aromatic amines is 1. The van der Waals surface area contributed by atoms with Gasteiger partial charge in [0.1, 0.15) is 10.7 Å². The SMILES string of the molecule is Cc1sc2nc(CCC(=O)NCc3ccc(N4CCCC4=O)cc3)[nH]c(=O)c2c1C. The molecule has 0 unspecified atom stereocenters. The second-order valence-corrected chi connectivity index (χ2v) is 8.77. The van der Waals surface area contributed by atoms with Crippen LogP contribution in [0.3, 0.4) is 0 Å². The summed E-state index contributed by atoms with van der Waals surface area (Å²) in [6, 6.07) is 7.68. The number of thiophene rings is 1. The fraction of sp³-hybridized carbons (Fsp3) is 0.364. The Labute approximate surface area is 178 Å². The molecule has 1 aliphatic rings. The topological polar surface area (TPSA) is 95.2 Å². The van der Waals surface area contributed by atoms with Crippen LogP contribution in [0.25, 0.3) is 10.2 Å². The molecular weight excluding hydrogens is 400 g/mol. The largest absolute Gasteiger partial charge is 0.352 e. The van der Waals surface area contributed by atoms with Gasteiger partial charge >= 0.3 is 0 Å². The standard InChI is InChI=1S/C22H24N4O3S/c1-13-14(2)30-22-20(13)21(29)24-17(25-22)9-10-18(27)23-12-15-5-7-16(8-6-15)26-11-3-4-19(26)28/h5-8H,3-4,9-12H2,1-2H3,(H,23,27)(H,24,25,29). The average molecular weight is 425 g/mol. The van der Waals surface area contributed by atoms with E-state index in [2.05, 4.69) is 15.3 Å². The van der Waals surface area contributed by atoms with Crippen molar-refractivity contribution in [3.05, 3.63) is 56.4 Å². The summed E-state index contributed by atoms with van der Waals surface area (Å²) in [6.07, 6.45) is 2.13. The van der Waals surface area contributed by atoms with Crippen LogP contribution in [-0.2, 0) is 22.6 Å². The third-order valence-corrected chi connectivity index (χ3v) is 6.59. The Bertz CT molecular complexity index is 1160. The molecule has 3 heterocycles. The number of carbonyl (C=O) groups is 2. The molecule has 0 bridgehead atoms. The van der Waals surface area contributed by atoms with Crippen molar-refractivity contribution in [3.63, 3.8) is 0 Å². The Morgan fingerprint density at radius 1 is 1.23 bits per heavy atom. The molecule has 7 nitrogen and oxygen atoms in total. The van der Waals surface area contributed by atoms with Crippen molar-refractivity contribution in [3.8, 4) is 0 Å². The normalized spacial score (nSPS) is 13.9. The number of anilines is 1. The van der Waals surface area contributed by atoms with E-state index in [1.54, 1.807) is 4.90 Å². The van der Waals surface area contributed by atoms with E-state index in [0.717, 1.165) is 39.5 Å². The van der Waals surface area contributed by atoms with Gasteiger partial charge < -0.3 is 15.2 Å². The van der Waals surface area contributed by atoms with Crippen molar-refractivity contribution in [1.82, 2.24) is 15.3 Å². The maximum atomic E-state index is 12.3. The predicted octanol–water partition coefficient (Wildman–Crippen LogP) is 2.98. The van der Waals surface area contributed by atoms with Crippen molar-refractivity contribution < 1.29 is 9.59 Å². The lowest BCUT2D eigenvalue weighted by atomic mass is 10.2. The van der Waals surface area contributed by atoms with Crippen LogP contribution < -0.4 is 15.8 Å². The zero-order chi connectivity index (χ0) is 21.3. The maximum Gasteiger partial charge on any atom is 0.259 e. The molecule has 2 N–H and O–H groups in total. The highest BCUT2D eigenvalue weighted by Gasteiger charge is 2.21. The Morgan fingerprint density at radius 2 is 2.00 bits per heavy atom. The van der Waals surface area contributed by atoms with Crippen LogP contribution in [0.1, 0.15) is 41.1 Å². The number of nitrogens with one attached hydrogen (secondary N) is 2. The van der Waals surface area contributed by atoms with Crippen LogP contribution in [0.2, 0.25) is 0 Å². The first-order chi connectivity index (χ1) is 14.4. The summed E-state index contributed by atoms with van der Waals surface area (Å²) in [5, 5.41) is 3.54. The highest BCUT2D eigenvalue weighted by atomic mass is 32.1. The van der Waals surface area contributed by atoms with Gasteiger partial charge in [0.15, 0.2) is 0 Å². The number of H-pyrrole nitrogens is 1. The van der Waals surface area contributed by atoms with Crippen molar-refractivity contribution in [1.29, 1.82) is 0 Å². The van der Waals surface area contributed by atoms with E-state index in [1.807, 2.05) is 38.1 Å². The second-order valence-electron chi connectivity index (χ2n) is 7.57. The van der Waals surface area contributed by atoms with E-state index in [4.69, 9.17) is 0 Å². The molecule has 0 saturated carbocycles. The van der Waals surface area contributed by atoms with Gasteiger partial charge in [-0.25, -0.2) is 4.98 Å². The zero-order valence-corrected chi connectivity index (χ0v) is 17.9. The third-order valence-electron chi connectivity index (χ3n) is 5.49. The van der Waals surface area contributed by atoms with Gasteiger partial charge in [-0.15, -0.1) is 11.3 Å². The minimum atomic E-state index is -0.145. The van der Waals surface area contributed by atoms with Crippen LogP contribution in [0, 0.1) is 13.8 Å². The van der Waals surface area contributed by atoms with Gasteiger partial charge in [-0.05, 0) is 43.5 Å². The van der Waals surface area contributed by atoms with Crippen LogP contribution in [0.4, 0.5) is 5.69 Å². The van der Waals surface area contributed by atoms with Crippen molar-refractivity contribution in [2.45, 2.75) is 46.1 Å². The quantitative estimate of drug-likeness (QED) is 0.636. The molecule has 2 aromatic heterocycles. The number of rotatable bonds is 6. The van der Waals surface area contributed by atoms with E-state index in [-0.39, 0.29) is 23.8 Å². The molecule has 0 atom stereocenters. The van der Waals surface area contributed by atoms with E-state index in [1.165, 1.54) is 11.3 Å². The fourth-order valence-electron chi connectivity index (χ4n) is 3.65. The van der Waals surface area contributed by atoms with Gasteiger partial charge in [0.05, 0.1) is 5.39 Å². The van der Waals surface area contributed by atoms with Crippen molar-refractivity contribution >= 4 is 39.1 Å². The first-order valence-electron chi connectivity index (χ1n) is 10.1. The minimum Gasteiger partial charge on any atom is -0.352 e. The lowest BCUT2D eigenvalue weighted by molar-refractivity contribution is -0.121. The maximum absolute atomic E-state index is 12.3. The predicted molar refractivity (Wildman–Crippen MR) is 118 cm³/mol. The van der Waals surface area contributed by atoms with Gasteiger partial charge in [0.25, 0.3) is 5.56 Å². The van der Waals surface area contributed by atoms with Crippen molar-refractivity contribution in [2.24, 2.45) is 0 Å². The Hall–Kier alpha value is -3.00. The second kappa shape index (κ2) is 8.39. The summed E-state index contributed by atoms with van der Waals surface area (Å²) >= 11 is 1.50. The smallest absolute Gasteiger partial charge is 0.259 e. The molecule has 30 heavy (non-hydrogen) atoms. The molecular formula is C22H24N4O3S. The fourth-order valence-corrected chi connectivity index (χ4v) is 4.70. The molecule has 0 aliphatic carbocycles. The molecule has 3 aromatic rings. The monoisotopic (exact) mass is 424 g/mol. The molecule has 0 radical (unpaired) electrons. The average Bonchev–Trinajstić information content (AvgIpc) is 3.28. The number of fused-ring (bicyclic) bond motifs is 1.